The Hall–Kier alpha value is -3.63. The fourth-order valence-electron chi connectivity index (χ4n) is 4.42. The number of aromatic nitrogens is 1. The number of amides is 2. The lowest BCUT2D eigenvalue weighted by Gasteiger charge is -2.29. The minimum Gasteiger partial charge on any atom is -0.493 e. The van der Waals surface area contributed by atoms with Gasteiger partial charge < -0.3 is 30.0 Å². The molecule has 0 atom stereocenters. The molecule has 2 amide bonds. The number of aliphatic hydroxyl groups is 1. The number of hydrogen-bond acceptors (Lipinski definition) is 7. The highest BCUT2D eigenvalue weighted by molar-refractivity contribution is 5.90. The van der Waals surface area contributed by atoms with Crippen LogP contribution in [0.25, 0.3) is 10.9 Å². The zero-order chi connectivity index (χ0) is 28.7. The summed E-state index contributed by atoms with van der Waals surface area (Å²) < 4.78 is 32.5. The molecule has 10 heteroatoms. The lowest BCUT2D eigenvalue weighted by molar-refractivity contribution is 0.0753. The van der Waals surface area contributed by atoms with Gasteiger partial charge in [-0.25, -0.2) is 9.18 Å². The number of aliphatic hydroxyl groups excluding tert-OH is 1. The van der Waals surface area contributed by atoms with Gasteiger partial charge in [0.15, 0.2) is 23.1 Å². The molecule has 40 heavy (non-hydrogen) atoms. The van der Waals surface area contributed by atoms with Gasteiger partial charge in [0.2, 0.25) is 0 Å². The molecule has 9 nitrogen and oxygen atoms in total. The molecule has 0 aliphatic carbocycles. The molecule has 1 aromatic heterocycles. The number of methoxy groups -OCH3 is 1. The van der Waals surface area contributed by atoms with Gasteiger partial charge >= 0.3 is 6.03 Å². The highest BCUT2D eigenvalue weighted by Crippen LogP contribution is 2.38. The lowest BCUT2D eigenvalue weighted by Crippen LogP contribution is -2.38. The van der Waals surface area contributed by atoms with Crippen LogP contribution in [-0.2, 0) is 0 Å². The Morgan fingerprint density at radius 3 is 2.58 bits per heavy atom. The third kappa shape index (κ3) is 8.19. The number of halogens is 1. The van der Waals surface area contributed by atoms with Crippen molar-refractivity contribution < 1.29 is 28.5 Å². The van der Waals surface area contributed by atoms with E-state index < -0.39 is 11.8 Å². The number of urea groups is 1. The van der Waals surface area contributed by atoms with Gasteiger partial charge in [0.05, 0.1) is 18.7 Å². The predicted molar refractivity (Wildman–Crippen MR) is 153 cm³/mol. The summed E-state index contributed by atoms with van der Waals surface area (Å²) >= 11 is 0. The number of anilines is 1. The van der Waals surface area contributed by atoms with Crippen LogP contribution < -0.4 is 24.8 Å². The van der Waals surface area contributed by atoms with Crippen LogP contribution in [0.1, 0.15) is 40.0 Å². The Kier molecular flexibility index (Phi) is 9.65. The number of piperidine rings is 1. The number of pyridine rings is 1. The van der Waals surface area contributed by atoms with Crippen molar-refractivity contribution in [2.24, 2.45) is 5.41 Å². The molecule has 0 saturated carbocycles. The van der Waals surface area contributed by atoms with Gasteiger partial charge in [-0.15, -0.1) is 0 Å². The number of ether oxygens (including phenoxy) is 3. The summed E-state index contributed by atoms with van der Waals surface area (Å²) in [5, 5.41) is 15.8. The number of nitrogens with one attached hydrogen (secondary N) is 2. The summed E-state index contributed by atoms with van der Waals surface area (Å²) in [5.41, 5.74) is 1.04. The van der Waals surface area contributed by atoms with E-state index in [9.17, 15) is 14.3 Å². The zero-order valence-electron chi connectivity index (χ0n) is 23.6. The summed E-state index contributed by atoms with van der Waals surface area (Å²) in [6.07, 6.45) is 3.75. The van der Waals surface area contributed by atoms with Crippen molar-refractivity contribution in [3.05, 3.63) is 48.4 Å². The molecular formula is C30H39FN4O5. The SMILES string of the molecule is COc1cc2c(Oc3ccc(NC(=O)NCCC(C)(C)C)cc3F)ccnc2cc1OCCN1CCC(O)CC1. The standard InChI is InChI=1S/C30H39FN4O5/c1-30(2,3)10-12-33-29(37)34-20-5-6-26(23(31)17-20)40-25-7-11-32-24-19-28(27(38-4)18-22(24)25)39-16-15-35-13-8-21(36)9-14-35/h5-7,11,17-19,21,36H,8-10,12-16H2,1-4H3,(H2,33,34,37). The van der Waals surface area contributed by atoms with Gasteiger partial charge in [0.25, 0.3) is 0 Å². The number of hydrogen-bond donors (Lipinski definition) is 3. The summed E-state index contributed by atoms with van der Waals surface area (Å²) in [6.45, 7) is 9.72. The molecule has 1 fully saturated rings. The molecule has 1 aliphatic heterocycles. The monoisotopic (exact) mass is 554 g/mol. The van der Waals surface area contributed by atoms with Crippen molar-refractivity contribution in [2.45, 2.75) is 46.1 Å². The first-order valence-corrected chi connectivity index (χ1v) is 13.6. The van der Waals surface area contributed by atoms with Gasteiger partial charge in [0.1, 0.15) is 12.4 Å². The van der Waals surface area contributed by atoms with Crippen molar-refractivity contribution in [3.63, 3.8) is 0 Å². The second kappa shape index (κ2) is 13.1. The molecular weight excluding hydrogens is 515 g/mol. The minimum atomic E-state index is -0.616. The lowest BCUT2D eigenvalue weighted by atomic mass is 9.92. The van der Waals surface area contributed by atoms with Crippen LogP contribution in [0.4, 0.5) is 14.9 Å². The third-order valence-corrected chi connectivity index (χ3v) is 6.78. The van der Waals surface area contributed by atoms with Crippen LogP contribution in [0, 0.1) is 11.2 Å². The van der Waals surface area contributed by atoms with Crippen LogP contribution in [0.5, 0.6) is 23.0 Å². The van der Waals surface area contributed by atoms with Gasteiger partial charge in [-0.3, -0.25) is 9.88 Å². The van der Waals surface area contributed by atoms with E-state index in [0.717, 1.165) is 38.9 Å². The van der Waals surface area contributed by atoms with E-state index in [4.69, 9.17) is 14.2 Å². The normalized spacial score (nSPS) is 14.7. The maximum atomic E-state index is 14.9. The number of carbonyl (C=O) groups is 1. The molecule has 4 rings (SSSR count). The maximum absolute atomic E-state index is 14.9. The molecule has 0 radical (unpaired) electrons. The van der Waals surface area contributed by atoms with Crippen LogP contribution in [-0.4, -0.2) is 67.0 Å². The predicted octanol–water partition coefficient (Wildman–Crippen LogP) is 5.57. The van der Waals surface area contributed by atoms with Crippen molar-refractivity contribution >= 4 is 22.6 Å². The average Bonchev–Trinajstić information content (AvgIpc) is 2.90. The van der Waals surface area contributed by atoms with Crippen molar-refractivity contribution in [2.75, 3.05) is 45.2 Å². The van der Waals surface area contributed by atoms with Gasteiger partial charge in [-0.1, -0.05) is 20.8 Å². The molecule has 1 saturated heterocycles. The van der Waals surface area contributed by atoms with E-state index in [1.54, 1.807) is 37.6 Å². The van der Waals surface area contributed by atoms with Gasteiger partial charge in [0, 0.05) is 55.6 Å². The molecule has 2 aromatic carbocycles. The van der Waals surface area contributed by atoms with Crippen molar-refractivity contribution in [3.8, 4) is 23.0 Å². The van der Waals surface area contributed by atoms with E-state index in [2.05, 4.69) is 41.3 Å². The summed E-state index contributed by atoms with van der Waals surface area (Å²) in [4.78, 5) is 18.9. The maximum Gasteiger partial charge on any atom is 0.319 e. The van der Waals surface area contributed by atoms with E-state index in [-0.39, 0.29) is 17.3 Å². The molecule has 216 valence electrons. The Labute approximate surface area is 234 Å². The first-order valence-electron chi connectivity index (χ1n) is 13.6. The van der Waals surface area contributed by atoms with Crippen LogP contribution >= 0.6 is 0 Å². The summed E-state index contributed by atoms with van der Waals surface area (Å²) in [7, 11) is 1.56. The topological polar surface area (TPSA) is 105 Å². The summed E-state index contributed by atoms with van der Waals surface area (Å²) in [5.74, 6) is 0.865. The Bertz CT molecular complexity index is 1310. The smallest absolute Gasteiger partial charge is 0.319 e. The van der Waals surface area contributed by atoms with Gasteiger partial charge in [-0.05, 0) is 48.9 Å². The molecule has 0 spiro atoms. The second-order valence-corrected chi connectivity index (χ2v) is 11.2. The number of rotatable bonds is 10. The molecule has 3 N–H and O–H groups in total. The minimum absolute atomic E-state index is 0.0112. The molecule has 3 aromatic rings. The largest absolute Gasteiger partial charge is 0.493 e. The van der Waals surface area contributed by atoms with Gasteiger partial charge in [-0.2, -0.15) is 0 Å². The first kappa shape index (κ1) is 29.4. The first-order chi connectivity index (χ1) is 19.1. The Morgan fingerprint density at radius 2 is 1.88 bits per heavy atom. The van der Waals surface area contributed by atoms with Crippen molar-refractivity contribution in [1.82, 2.24) is 15.2 Å². The summed E-state index contributed by atoms with van der Waals surface area (Å²) in [6, 6.07) is 9.08. The van der Waals surface area contributed by atoms with Crippen LogP contribution in [0.2, 0.25) is 0 Å². The quantitative estimate of drug-likeness (QED) is 0.301. The number of likely N-dealkylation sites (tertiary alicyclic amines) is 1. The van der Waals surface area contributed by atoms with E-state index in [0.29, 0.717) is 47.0 Å². The molecule has 1 aliphatic rings. The number of benzene rings is 2. The molecule has 2 heterocycles. The van der Waals surface area contributed by atoms with Crippen LogP contribution in [0.3, 0.4) is 0 Å². The Morgan fingerprint density at radius 1 is 1.10 bits per heavy atom. The molecule has 0 bridgehead atoms. The fraction of sp³-hybridized carbons (Fsp3) is 0.467. The van der Waals surface area contributed by atoms with E-state index in [1.165, 1.54) is 12.1 Å². The average molecular weight is 555 g/mol. The second-order valence-electron chi connectivity index (χ2n) is 11.2. The number of carbonyl (C=O) groups excluding carboxylic acids is 1. The van der Waals surface area contributed by atoms with Crippen LogP contribution in [0.15, 0.2) is 42.6 Å². The number of nitrogens with zero attached hydrogens (tertiary/aromatic N) is 2. The fourth-order valence-corrected chi connectivity index (χ4v) is 4.42. The van der Waals surface area contributed by atoms with E-state index in [1.807, 2.05) is 0 Å². The third-order valence-electron chi connectivity index (χ3n) is 6.78. The zero-order valence-corrected chi connectivity index (χ0v) is 23.6. The highest BCUT2D eigenvalue weighted by Gasteiger charge is 2.18. The van der Waals surface area contributed by atoms with Crippen molar-refractivity contribution in [1.29, 1.82) is 0 Å². The van der Waals surface area contributed by atoms with E-state index >= 15 is 0 Å². The highest BCUT2D eigenvalue weighted by atomic mass is 19.1. The Balaban J connectivity index is 1.41. The number of fused-ring (bicyclic) bond motifs is 1. The molecule has 0 unspecified atom stereocenters.